The normalized spacial score (nSPS) is 11.1. The number of carboxylic acids is 1. The molecule has 0 heterocycles. The first-order chi connectivity index (χ1) is 6.11. The number of rotatable bonds is 4. The fourth-order valence-electron chi connectivity index (χ4n) is 0.477. The first-order valence-electron chi connectivity index (χ1n) is 3.32. The molecule has 0 bridgehead atoms. The molecule has 0 aliphatic heterocycles. The van der Waals surface area contributed by atoms with Crippen LogP contribution < -0.4 is 5.32 Å². The molecule has 3 N–H and O–H groups in total. The molecule has 0 aromatic rings. The van der Waals surface area contributed by atoms with E-state index >= 15 is 0 Å². The lowest BCUT2D eigenvalue weighted by Gasteiger charge is -2.10. The van der Waals surface area contributed by atoms with Gasteiger partial charge in [0, 0.05) is 0 Å². The second-order valence-corrected chi connectivity index (χ2v) is 2.00. The third-order valence-corrected chi connectivity index (χ3v) is 1.06. The molecule has 6 nitrogen and oxygen atoms in total. The van der Waals surface area contributed by atoms with Gasteiger partial charge in [0.25, 0.3) is 0 Å². The number of hydrogen-bond donors (Lipinski definition) is 3. The first-order valence-corrected chi connectivity index (χ1v) is 3.32. The van der Waals surface area contributed by atoms with Gasteiger partial charge in [-0.15, -0.1) is 6.42 Å². The Kier molecular flexibility index (Phi) is 5.07. The number of aliphatic hydroxyl groups excluding tert-OH is 1. The first kappa shape index (κ1) is 11.3. The molecule has 1 atom stereocenters. The SMILES string of the molecule is C#CCOC(=O)N[C@@H](CO)C(=O)O. The Morgan fingerprint density at radius 1 is 1.62 bits per heavy atom. The number of amides is 1. The summed E-state index contributed by atoms with van der Waals surface area (Å²) in [7, 11) is 0. The van der Waals surface area contributed by atoms with Gasteiger partial charge in [-0.25, -0.2) is 9.59 Å². The van der Waals surface area contributed by atoms with E-state index in [1.54, 1.807) is 0 Å². The molecule has 0 aliphatic carbocycles. The van der Waals surface area contributed by atoms with Crippen molar-refractivity contribution >= 4 is 12.1 Å². The minimum absolute atomic E-state index is 0.246. The fraction of sp³-hybridized carbons (Fsp3) is 0.429. The minimum atomic E-state index is -1.37. The van der Waals surface area contributed by atoms with Gasteiger partial charge in [0.2, 0.25) is 0 Å². The summed E-state index contributed by atoms with van der Waals surface area (Å²) in [5.41, 5.74) is 0. The van der Waals surface area contributed by atoms with Crippen LogP contribution in [0.2, 0.25) is 0 Å². The molecule has 0 aromatic carbocycles. The summed E-state index contributed by atoms with van der Waals surface area (Å²) in [5, 5.41) is 18.8. The minimum Gasteiger partial charge on any atom is -0.480 e. The molecule has 0 rings (SSSR count). The van der Waals surface area contributed by atoms with Gasteiger partial charge < -0.3 is 20.3 Å². The second-order valence-electron chi connectivity index (χ2n) is 2.00. The summed E-state index contributed by atoms with van der Waals surface area (Å²) in [4.78, 5) is 20.9. The van der Waals surface area contributed by atoms with E-state index in [0.29, 0.717) is 0 Å². The molecule has 6 heteroatoms. The number of carboxylic acid groups (broad SMARTS) is 1. The summed E-state index contributed by atoms with van der Waals surface area (Å²) >= 11 is 0. The number of alkyl carbamates (subject to hydrolysis) is 1. The smallest absolute Gasteiger partial charge is 0.408 e. The van der Waals surface area contributed by atoms with Gasteiger partial charge in [-0.3, -0.25) is 0 Å². The molecule has 0 radical (unpaired) electrons. The molecule has 0 saturated heterocycles. The van der Waals surface area contributed by atoms with Crippen molar-refractivity contribution in [2.75, 3.05) is 13.2 Å². The highest BCUT2D eigenvalue weighted by atomic mass is 16.5. The number of carbonyl (C=O) groups is 2. The van der Waals surface area contributed by atoms with Crippen molar-refractivity contribution in [1.82, 2.24) is 5.32 Å². The summed E-state index contributed by atoms with van der Waals surface area (Å²) < 4.78 is 4.31. The highest BCUT2D eigenvalue weighted by Gasteiger charge is 2.18. The Labute approximate surface area is 74.5 Å². The molecule has 72 valence electrons. The standard InChI is InChI=1S/C7H9NO5/c1-2-3-13-7(12)8-5(4-9)6(10)11/h1,5,9H,3-4H2,(H,8,12)(H,10,11)/t5-/m0/s1. The molecular formula is C7H9NO5. The van der Waals surface area contributed by atoms with Gasteiger partial charge >= 0.3 is 12.1 Å². The van der Waals surface area contributed by atoms with Crippen LogP contribution in [0.1, 0.15) is 0 Å². The van der Waals surface area contributed by atoms with E-state index in [0.717, 1.165) is 0 Å². The van der Waals surface area contributed by atoms with Crippen LogP contribution in [0.4, 0.5) is 4.79 Å². The monoisotopic (exact) mass is 187 g/mol. The lowest BCUT2D eigenvalue weighted by molar-refractivity contribution is -0.140. The topological polar surface area (TPSA) is 95.9 Å². The Hall–Kier alpha value is -1.74. The predicted molar refractivity (Wildman–Crippen MR) is 41.8 cm³/mol. The van der Waals surface area contributed by atoms with E-state index in [2.05, 4.69) is 4.74 Å². The Bertz CT molecular complexity index is 232. The zero-order chi connectivity index (χ0) is 10.3. The third-order valence-electron chi connectivity index (χ3n) is 1.06. The average molecular weight is 187 g/mol. The molecule has 0 spiro atoms. The predicted octanol–water partition coefficient (Wildman–Crippen LogP) is -1.21. The molecule has 0 unspecified atom stereocenters. The summed E-state index contributed by atoms with van der Waals surface area (Å²) in [6.07, 6.45) is 3.81. The van der Waals surface area contributed by atoms with Gasteiger partial charge in [-0.05, 0) is 0 Å². The summed E-state index contributed by atoms with van der Waals surface area (Å²) in [6.45, 7) is -0.954. The quantitative estimate of drug-likeness (QED) is 0.480. The van der Waals surface area contributed by atoms with E-state index in [1.165, 1.54) is 0 Å². The van der Waals surface area contributed by atoms with Gasteiger partial charge in [-0.1, -0.05) is 5.92 Å². The van der Waals surface area contributed by atoms with Gasteiger partial charge in [0.05, 0.1) is 6.61 Å². The Morgan fingerprint density at radius 2 is 2.23 bits per heavy atom. The number of ether oxygens (including phenoxy) is 1. The van der Waals surface area contributed by atoms with E-state index in [1.807, 2.05) is 11.2 Å². The molecule has 1 amide bonds. The van der Waals surface area contributed by atoms with Crippen molar-refractivity contribution in [1.29, 1.82) is 0 Å². The van der Waals surface area contributed by atoms with Crippen LogP contribution in [-0.4, -0.2) is 41.5 Å². The zero-order valence-corrected chi connectivity index (χ0v) is 6.69. The number of carbonyl (C=O) groups excluding carboxylic acids is 1. The molecule has 13 heavy (non-hydrogen) atoms. The van der Waals surface area contributed by atoms with E-state index in [4.69, 9.17) is 16.6 Å². The zero-order valence-electron chi connectivity index (χ0n) is 6.69. The van der Waals surface area contributed by atoms with E-state index < -0.39 is 24.7 Å². The van der Waals surface area contributed by atoms with Crippen LogP contribution in [0.25, 0.3) is 0 Å². The van der Waals surface area contributed by atoms with Crippen molar-refractivity contribution in [2.45, 2.75) is 6.04 Å². The molecule has 0 saturated carbocycles. The second kappa shape index (κ2) is 5.85. The highest BCUT2D eigenvalue weighted by molar-refractivity contribution is 5.79. The maximum Gasteiger partial charge on any atom is 0.408 e. The van der Waals surface area contributed by atoms with Crippen molar-refractivity contribution < 1.29 is 24.5 Å². The lowest BCUT2D eigenvalue weighted by Crippen LogP contribution is -2.43. The van der Waals surface area contributed by atoms with Crippen LogP contribution in [0, 0.1) is 12.3 Å². The fourth-order valence-corrected chi connectivity index (χ4v) is 0.477. The van der Waals surface area contributed by atoms with Gasteiger partial charge in [0.15, 0.2) is 12.6 Å². The van der Waals surface area contributed by atoms with Crippen LogP contribution >= 0.6 is 0 Å². The molecular weight excluding hydrogens is 178 g/mol. The van der Waals surface area contributed by atoms with Crippen LogP contribution in [0.5, 0.6) is 0 Å². The number of nitrogens with one attached hydrogen (secondary N) is 1. The van der Waals surface area contributed by atoms with Crippen molar-refractivity contribution in [3.8, 4) is 12.3 Å². The van der Waals surface area contributed by atoms with Crippen LogP contribution in [0.3, 0.4) is 0 Å². The van der Waals surface area contributed by atoms with Crippen LogP contribution in [0.15, 0.2) is 0 Å². The summed E-state index contributed by atoms with van der Waals surface area (Å²) in [6, 6.07) is -1.37. The molecule has 0 aromatic heterocycles. The number of terminal acetylenes is 1. The lowest BCUT2D eigenvalue weighted by atomic mass is 10.3. The number of aliphatic carboxylic acids is 1. The number of aliphatic hydroxyl groups is 1. The van der Waals surface area contributed by atoms with Crippen LogP contribution in [-0.2, 0) is 9.53 Å². The number of hydrogen-bond acceptors (Lipinski definition) is 4. The highest BCUT2D eigenvalue weighted by Crippen LogP contribution is 1.84. The maximum absolute atomic E-state index is 10.7. The Morgan fingerprint density at radius 3 is 2.62 bits per heavy atom. The average Bonchev–Trinajstić information content (AvgIpc) is 2.10. The van der Waals surface area contributed by atoms with E-state index in [-0.39, 0.29) is 6.61 Å². The van der Waals surface area contributed by atoms with Crippen molar-refractivity contribution in [2.24, 2.45) is 0 Å². The third kappa shape index (κ3) is 4.66. The molecule has 0 aliphatic rings. The van der Waals surface area contributed by atoms with Gasteiger partial charge in [0.1, 0.15) is 0 Å². The van der Waals surface area contributed by atoms with Gasteiger partial charge in [-0.2, -0.15) is 0 Å². The summed E-state index contributed by atoms with van der Waals surface area (Å²) in [5.74, 6) is 0.679. The van der Waals surface area contributed by atoms with E-state index in [9.17, 15) is 9.59 Å². The molecule has 0 fully saturated rings. The largest absolute Gasteiger partial charge is 0.480 e. The Balaban J connectivity index is 3.88. The van der Waals surface area contributed by atoms with Crippen molar-refractivity contribution in [3.63, 3.8) is 0 Å². The maximum atomic E-state index is 10.7. The van der Waals surface area contributed by atoms with Crippen molar-refractivity contribution in [3.05, 3.63) is 0 Å².